The zero-order chi connectivity index (χ0) is 64.4. The van der Waals surface area contributed by atoms with E-state index >= 15 is 0 Å². The molecule has 11 amide bonds. The van der Waals surface area contributed by atoms with Gasteiger partial charge in [-0.25, -0.2) is 4.98 Å². The van der Waals surface area contributed by atoms with Gasteiger partial charge in [-0.2, -0.15) is 0 Å². The van der Waals surface area contributed by atoms with Crippen molar-refractivity contribution in [1.82, 2.24) is 62.7 Å². The number of nitrogens with one attached hydrogen (secondary N) is 10. The minimum absolute atomic E-state index is 0.0262. The molecule has 34 nitrogen and oxygen atoms in total. The fourth-order valence-corrected chi connectivity index (χ4v) is 8.75. The molecule has 1 saturated heterocycles. The third-order valence-corrected chi connectivity index (χ3v) is 13.7. The second-order valence-corrected chi connectivity index (χ2v) is 20.6. The maximum atomic E-state index is 14.8. The van der Waals surface area contributed by atoms with Crippen molar-refractivity contribution in [3.05, 3.63) is 48.0 Å². The number of phenolic OH excluding ortho intramolecular Hbond substituents is 1. The van der Waals surface area contributed by atoms with Crippen LogP contribution >= 0.6 is 0 Å². The number of aromatic hydroxyl groups is 1. The second-order valence-electron chi connectivity index (χ2n) is 20.6. The molecule has 2 aromatic rings. The summed E-state index contributed by atoms with van der Waals surface area (Å²) in [5.41, 5.74) is 22.3. The molecule has 0 aliphatic carbocycles. The van der Waals surface area contributed by atoms with Gasteiger partial charge in [0, 0.05) is 37.8 Å². The Morgan fingerprint density at radius 3 is 1.70 bits per heavy atom. The summed E-state index contributed by atoms with van der Waals surface area (Å²) in [6.07, 6.45) is 1.70. The molecular formula is C52H81N17O17. The number of guanidine groups is 1. The van der Waals surface area contributed by atoms with Crippen LogP contribution in [-0.2, 0) is 70.4 Å². The lowest BCUT2D eigenvalue weighted by Gasteiger charge is -2.31. The first kappa shape index (κ1) is 71.2. The fourth-order valence-electron chi connectivity index (χ4n) is 8.75. The molecule has 2 heterocycles. The van der Waals surface area contributed by atoms with Crippen molar-refractivity contribution < 1.29 is 83.1 Å². The van der Waals surface area contributed by atoms with Crippen LogP contribution in [0.2, 0.25) is 0 Å². The first-order valence-electron chi connectivity index (χ1n) is 27.6. The number of amides is 11. The number of carboxylic acid groups (broad SMARTS) is 1. The molecule has 476 valence electrons. The summed E-state index contributed by atoms with van der Waals surface area (Å²) in [6, 6.07) is -9.99. The Morgan fingerprint density at radius 2 is 1.20 bits per heavy atom. The minimum atomic E-state index is -1.86. The molecule has 0 bridgehead atoms. The zero-order valence-electron chi connectivity index (χ0n) is 48.1. The molecule has 1 aromatic carbocycles. The van der Waals surface area contributed by atoms with Gasteiger partial charge in [0.05, 0.1) is 39.1 Å². The van der Waals surface area contributed by atoms with E-state index in [2.05, 4.69) is 57.5 Å². The maximum absolute atomic E-state index is 14.8. The van der Waals surface area contributed by atoms with Crippen LogP contribution in [0.15, 0.2) is 41.8 Å². The number of primary amides is 1. The lowest BCUT2D eigenvalue weighted by Crippen LogP contribution is -2.62. The number of carbonyl (C=O) groups is 12. The topological polar surface area (TPSA) is 563 Å². The highest BCUT2D eigenvalue weighted by molar-refractivity contribution is 5.99. The number of aliphatic imine (C=N–C) groups is 1. The SMILES string of the molecule is CC[C@H](C)[C@H](NC(=O)CN)C(=O)N[C@H](C(=O)N[C@@H](CO)C(=O)N[C@@H](Cc1ccc(O)cc1)C(=O)N[C@@H](Cc1cnc[nH]1)C(=O)N1CCC[C@H]1C(=O)N[C@@H](CCCN=C(N)N)C(=O)N[C@@H](CO)C(=O)N[C@@H](CO)C(=O)N[C@@H](CC(=O)O)C(N)=O)C(C)C. The van der Waals surface area contributed by atoms with Crippen LogP contribution in [0.4, 0.5) is 0 Å². The van der Waals surface area contributed by atoms with Crippen molar-refractivity contribution in [3.63, 3.8) is 0 Å². The number of nitrogens with zero attached hydrogens (tertiary/aromatic N) is 3. The Kier molecular flexibility index (Phi) is 29.3. The van der Waals surface area contributed by atoms with Gasteiger partial charge in [0.25, 0.3) is 0 Å². The van der Waals surface area contributed by atoms with Crippen LogP contribution in [0.1, 0.15) is 77.5 Å². The number of aliphatic hydroxyl groups excluding tert-OH is 3. The lowest BCUT2D eigenvalue weighted by atomic mass is 9.96. The first-order chi connectivity index (χ1) is 40.7. The molecule has 1 aliphatic heterocycles. The molecule has 11 atom stereocenters. The van der Waals surface area contributed by atoms with Crippen LogP contribution in [0.5, 0.6) is 5.75 Å². The smallest absolute Gasteiger partial charge is 0.305 e. The van der Waals surface area contributed by atoms with Gasteiger partial charge in [-0.1, -0.05) is 46.2 Å². The van der Waals surface area contributed by atoms with E-state index < -0.39 is 170 Å². The average Bonchev–Trinajstić information content (AvgIpc) is 3.70. The van der Waals surface area contributed by atoms with Crippen molar-refractivity contribution in [3.8, 4) is 5.75 Å². The standard InChI is InChI=1S/C52H81N17O17/c1-5-26(4)41(67-38(74)19-53)50(85)68-40(25(2)3)49(84)66-36(23-72)46(81)62-32(16-27-10-12-29(73)13-11-27)44(79)63-33(17-28-20-57-24-59-28)51(86)69-15-7-9-37(69)48(83)60-30(8-6-14-58-52(55)56)43(78)64-35(22-71)47(82)65-34(21-70)45(80)61-31(42(54)77)18-39(75)76/h10-13,20,24-26,30-37,40-41,70-73H,5-9,14-19,21-23,53H2,1-4H3,(H2,54,77)(H,57,59)(H,60,83)(H,61,80)(H,62,81)(H,63,79)(H,64,78)(H,65,82)(H,66,84)(H,67,74)(H,68,85)(H,75,76)(H4,55,56,58)/t26-,30-,31-,32-,33-,34-,35-,36-,37-,40-,41-/m0/s1. The van der Waals surface area contributed by atoms with E-state index in [4.69, 9.17) is 28.0 Å². The van der Waals surface area contributed by atoms with Crippen molar-refractivity contribution >= 4 is 76.9 Å². The predicted molar refractivity (Wildman–Crippen MR) is 302 cm³/mol. The molecule has 0 unspecified atom stereocenters. The zero-order valence-corrected chi connectivity index (χ0v) is 48.1. The van der Waals surface area contributed by atoms with Crippen LogP contribution < -0.4 is 70.8 Å². The number of hydrogen-bond donors (Lipinski definition) is 19. The number of benzene rings is 1. The van der Waals surface area contributed by atoms with Crippen molar-refractivity contribution in [2.24, 2.45) is 39.8 Å². The van der Waals surface area contributed by atoms with E-state index in [9.17, 15) is 78.0 Å². The number of H-pyrrole nitrogens is 1. The molecule has 23 N–H and O–H groups in total. The molecule has 86 heavy (non-hydrogen) atoms. The maximum Gasteiger partial charge on any atom is 0.305 e. The number of rotatable bonds is 36. The largest absolute Gasteiger partial charge is 0.508 e. The van der Waals surface area contributed by atoms with E-state index in [-0.39, 0.29) is 69.2 Å². The molecule has 3 rings (SSSR count). The number of carboxylic acids is 1. The number of aromatic amines is 1. The molecule has 1 aliphatic rings. The summed E-state index contributed by atoms with van der Waals surface area (Å²) in [5.74, 6) is -13.8. The van der Waals surface area contributed by atoms with Gasteiger partial charge < -0.3 is 106 Å². The quantitative estimate of drug-likeness (QED) is 0.0171. The third-order valence-electron chi connectivity index (χ3n) is 13.7. The number of aliphatic hydroxyl groups is 3. The molecule has 0 radical (unpaired) electrons. The summed E-state index contributed by atoms with van der Waals surface area (Å²) in [6.45, 7) is 2.96. The van der Waals surface area contributed by atoms with Crippen LogP contribution in [0, 0.1) is 11.8 Å². The number of nitrogens with two attached hydrogens (primary N) is 4. The van der Waals surface area contributed by atoms with E-state index in [1.165, 1.54) is 36.8 Å². The summed E-state index contributed by atoms with van der Waals surface area (Å²) in [5, 5.41) is 71.3. The number of hydrogen-bond acceptors (Lipinski definition) is 19. The molecular weight excluding hydrogens is 1130 g/mol. The summed E-state index contributed by atoms with van der Waals surface area (Å²) in [7, 11) is 0. The van der Waals surface area contributed by atoms with Crippen LogP contribution in [-0.4, -0.2) is 217 Å². The van der Waals surface area contributed by atoms with Gasteiger partial charge in [0.1, 0.15) is 66.2 Å². The monoisotopic (exact) mass is 1220 g/mol. The molecule has 0 spiro atoms. The molecule has 0 saturated carbocycles. The highest BCUT2D eigenvalue weighted by Crippen LogP contribution is 2.21. The average molecular weight is 1220 g/mol. The van der Waals surface area contributed by atoms with E-state index in [0.29, 0.717) is 17.7 Å². The molecule has 1 aromatic heterocycles. The minimum Gasteiger partial charge on any atom is -0.508 e. The van der Waals surface area contributed by atoms with Crippen molar-refractivity contribution in [1.29, 1.82) is 0 Å². The lowest BCUT2D eigenvalue weighted by molar-refractivity contribution is -0.142. The van der Waals surface area contributed by atoms with E-state index in [1.807, 2.05) is 5.32 Å². The van der Waals surface area contributed by atoms with Gasteiger partial charge in [0.2, 0.25) is 65.0 Å². The Balaban J connectivity index is 1.92. The second kappa shape index (κ2) is 35.3. The van der Waals surface area contributed by atoms with E-state index in [1.54, 1.807) is 27.7 Å². The fraction of sp³-hybridized carbons (Fsp3) is 0.577. The highest BCUT2D eigenvalue weighted by Gasteiger charge is 2.41. The van der Waals surface area contributed by atoms with Crippen LogP contribution in [0.25, 0.3) is 0 Å². The first-order valence-corrected chi connectivity index (χ1v) is 27.6. The summed E-state index contributed by atoms with van der Waals surface area (Å²) < 4.78 is 0. The molecule has 34 heteroatoms. The Bertz CT molecular complexity index is 2690. The number of phenols is 1. The third kappa shape index (κ3) is 22.5. The van der Waals surface area contributed by atoms with Crippen LogP contribution in [0.3, 0.4) is 0 Å². The van der Waals surface area contributed by atoms with Gasteiger partial charge in [0.15, 0.2) is 5.96 Å². The van der Waals surface area contributed by atoms with Gasteiger partial charge in [-0.05, 0) is 55.2 Å². The highest BCUT2D eigenvalue weighted by atomic mass is 16.4. The number of imidazole rings is 1. The van der Waals surface area contributed by atoms with Crippen molar-refractivity contribution in [2.45, 2.75) is 139 Å². The van der Waals surface area contributed by atoms with Crippen molar-refractivity contribution in [2.75, 3.05) is 39.5 Å². The predicted octanol–water partition coefficient (Wildman–Crippen LogP) is -8.09. The number of carbonyl (C=O) groups excluding carboxylic acids is 11. The van der Waals surface area contributed by atoms with E-state index in [0.717, 1.165) is 4.90 Å². The van der Waals surface area contributed by atoms with Gasteiger partial charge >= 0.3 is 5.97 Å². The summed E-state index contributed by atoms with van der Waals surface area (Å²) >= 11 is 0. The Hall–Kier alpha value is -9.02. The number of aromatic nitrogens is 2. The van der Waals surface area contributed by atoms with Gasteiger partial charge in [-0.15, -0.1) is 0 Å². The molecule has 1 fully saturated rings. The van der Waals surface area contributed by atoms with Gasteiger partial charge in [-0.3, -0.25) is 62.5 Å². The number of likely N-dealkylation sites (tertiary alicyclic amines) is 1. The summed E-state index contributed by atoms with van der Waals surface area (Å²) in [4.78, 5) is 172. The number of aliphatic carboxylic acids is 1. The normalized spacial score (nSPS) is 16.3. The Labute approximate surface area is 493 Å². The Morgan fingerprint density at radius 1 is 0.674 bits per heavy atom.